The van der Waals surface area contributed by atoms with E-state index in [1.165, 1.54) is 6.07 Å². The number of nitrogens with one attached hydrogen (secondary N) is 1. The second-order valence-electron chi connectivity index (χ2n) is 4.34. The van der Waals surface area contributed by atoms with Gasteiger partial charge in [-0.3, -0.25) is 10.1 Å². The average molecular weight is 277 g/mol. The Morgan fingerprint density at radius 1 is 1.16 bits per heavy atom. The Balaban J connectivity index is 2.44. The minimum Gasteiger partial charge on any atom is -0.350 e. The van der Waals surface area contributed by atoms with Crippen LogP contribution in [-0.2, 0) is 0 Å². The summed E-state index contributed by atoms with van der Waals surface area (Å²) in [5, 5.41) is 14.2. The number of anilines is 2. The van der Waals surface area contributed by atoms with Crippen molar-refractivity contribution in [2.75, 3.05) is 5.32 Å². The van der Waals surface area contributed by atoms with Crippen molar-refractivity contribution >= 4 is 28.7 Å². The van der Waals surface area contributed by atoms with Crippen LogP contribution in [0.4, 0.5) is 17.1 Å². The Labute approximate surface area is 116 Å². The van der Waals surface area contributed by atoms with E-state index in [2.05, 4.69) is 5.32 Å². The van der Waals surface area contributed by atoms with Gasteiger partial charge in [0.25, 0.3) is 0 Å². The number of nitro groups is 1. The summed E-state index contributed by atoms with van der Waals surface area (Å²) >= 11 is 5.87. The third kappa shape index (κ3) is 2.85. The fraction of sp³-hybridized carbons (Fsp3) is 0.143. The molecule has 0 unspecified atom stereocenters. The van der Waals surface area contributed by atoms with Gasteiger partial charge in [0, 0.05) is 5.69 Å². The molecule has 0 spiro atoms. The lowest BCUT2D eigenvalue weighted by atomic mass is 10.1. The first-order valence-corrected chi connectivity index (χ1v) is 6.14. The minimum absolute atomic E-state index is 0.107. The zero-order valence-electron chi connectivity index (χ0n) is 10.6. The fourth-order valence-corrected chi connectivity index (χ4v) is 2.14. The maximum atomic E-state index is 11.1. The summed E-state index contributed by atoms with van der Waals surface area (Å²) in [6.45, 7) is 3.95. The van der Waals surface area contributed by atoms with Crippen LogP contribution in [0.15, 0.2) is 36.4 Å². The van der Waals surface area contributed by atoms with Gasteiger partial charge in [-0.25, -0.2) is 0 Å². The first-order chi connectivity index (χ1) is 8.99. The molecule has 5 heteroatoms. The van der Waals surface area contributed by atoms with Crippen LogP contribution in [-0.4, -0.2) is 4.92 Å². The quantitative estimate of drug-likeness (QED) is 0.658. The van der Waals surface area contributed by atoms with Gasteiger partial charge in [0.1, 0.15) is 10.7 Å². The molecule has 2 aromatic rings. The molecule has 0 saturated heterocycles. The zero-order chi connectivity index (χ0) is 14.0. The smallest absolute Gasteiger partial charge is 0.311 e. The molecular weight excluding hydrogens is 264 g/mol. The zero-order valence-corrected chi connectivity index (χ0v) is 11.4. The molecule has 0 bridgehead atoms. The highest BCUT2D eigenvalue weighted by Crippen LogP contribution is 2.34. The maximum Gasteiger partial charge on any atom is 0.311 e. The largest absolute Gasteiger partial charge is 0.350 e. The number of nitrogens with zero attached hydrogens (tertiary/aromatic N) is 1. The van der Waals surface area contributed by atoms with Crippen molar-refractivity contribution in [1.29, 1.82) is 0 Å². The number of hydrogen-bond donors (Lipinski definition) is 1. The van der Waals surface area contributed by atoms with E-state index < -0.39 is 4.92 Å². The minimum atomic E-state index is -0.478. The van der Waals surface area contributed by atoms with Crippen LogP contribution < -0.4 is 5.32 Å². The number of aryl methyl sites for hydroxylation is 2. The molecule has 0 heterocycles. The van der Waals surface area contributed by atoms with Crippen molar-refractivity contribution in [2.24, 2.45) is 0 Å². The summed E-state index contributed by atoms with van der Waals surface area (Å²) in [7, 11) is 0. The standard InChI is InChI=1S/C14H13ClN2O2/c1-9-6-7-12(10(2)8-9)16-13-5-3-4-11(15)14(13)17(18)19/h3-8,16H,1-2H3. The summed E-state index contributed by atoms with van der Waals surface area (Å²) in [5.41, 5.74) is 3.28. The van der Waals surface area contributed by atoms with Crippen molar-refractivity contribution in [3.05, 3.63) is 62.7 Å². The summed E-state index contributed by atoms with van der Waals surface area (Å²) in [4.78, 5) is 10.6. The summed E-state index contributed by atoms with van der Waals surface area (Å²) in [5.74, 6) is 0. The first kappa shape index (κ1) is 13.4. The molecule has 0 fully saturated rings. The van der Waals surface area contributed by atoms with Crippen LogP contribution in [0.1, 0.15) is 11.1 Å². The van der Waals surface area contributed by atoms with Crippen molar-refractivity contribution < 1.29 is 4.92 Å². The van der Waals surface area contributed by atoms with Gasteiger partial charge in [-0.1, -0.05) is 35.4 Å². The van der Waals surface area contributed by atoms with E-state index in [1.807, 2.05) is 32.0 Å². The molecule has 2 aromatic carbocycles. The lowest BCUT2D eigenvalue weighted by Crippen LogP contribution is -1.99. The predicted octanol–water partition coefficient (Wildman–Crippen LogP) is 4.61. The van der Waals surface area contributed by atoms with E-state index in [9.17, 15) is 10.1 Å². The second-order valence-corrected chi connectivity index (χ2v) is 4.74. The number of halogens is 1. The number of rotatable bonds is 3. The van der Waals surface area contributed by atoms with E-state index in [-0.39, 0.29) is 10.7 Å². The molecule has 0 radical (unpaired) electrons. The number of hydrogen-bond acceptors (Lipinski definition) is 3. The van der Waals surface area contributed by atoms with E-state index >= 15 is 0 Å². The Morgan fingerprint density at radius 2 is 1.89 bits per heavy atom. The molecule has 0 saturated carbocycles. The molecule has 1 N–H and O–H groups in total. The summed E-state index contributed by atoms with van der Waals surface area (Å²) < 4.78 is 0. The van der Waals surface area contributed by atoms with E-state index in [0.717, 1.165) is 16.8 Å². The lowest BCUT2D eigenvalue weighted by Gasteiger charge is -2.11. The molecule has 19 heavy (non-hydrogen) atoms. The Hall–Kier alpha value is -2.07. The number of para-hydroxylation sites is 1. The third-order valence-corrected chi connectivity index (χ3v) is 3.13. The van der Waals surface area contributed by atoms with Crippen LogP contribution in [0.2, 0.25) is 5.02 Å². The lowest BCUT2D eigenvalue weighted by molar-refractivity contribution is -0.383. The van der Waals surface area contributed by atoms with E-state index in [0.29, 0.717) is 5.69 Å². The van der Waals surface area contributed by atoms with Gasteiger partial charge < -0.3 is 5.32 Å². The topological polar surface area (TPSA) is 55.2 Å². The van der Waals surface area contributed by atoms with Crippen LogP contribution in [0.25, 0.3) is 0 Å². The second kappa shape index (κ2) is 5.28. The van der Waals surface area contributed by atoms with Crippen LogP contribution in [0, 0.1) is 24.0 Å². The Bertz CT molecular complexity index is 641. The van der Waals surface area contributed by atoms with Gasteiger partial charge in [0.05, 0.1) is 4.92 Å². The van der Waals surface area contributed by atoms with Crippen LogP contribution in [0.3, 0.4) is 0 Å². The molecule has 0 aliphatic rings. The average Bonchev–Trinajstić information content (AvgIpc) is 2.32. The summed E-state index contributed by atoms with van der Waals surface area (Å²) in [6.07, 6.45) is 0. The number of benzene rings is 2. The molecule has 2 rings (SSSR count). The van der Waals surface area contributed by atoms with Crippen molar-refractivity contribution in [3.63, 3.8) is 0 Å². The van der Waals surface area contributed by atoms with Crippen molar-refractivity contribution in [3.8, 4) is 0 Å². The molecule has 0 aliphatic carbocycles. The SMILES string of the molecule is Cc1ccc(Nc2cccc(Cl)c2[N+](=O)[O-])c(C)c1. The van der Waals surface area contributed by atoms with Crippen LogP contribution >= 0.6 is 11.6 Å². The van der Waals surface area contributed by atoms with Crippen molar-refractivity contribution in [2.45, 2.75) is 13.8 Å². The van der Waals surface area contributed by atoms with E-state index in [4.69, 9.17) is 11.6 Å². The van der Waals surface area contributed by atoms with Gasteiger partial charge in [-0.2, -0.15) is 0 Å². The van der Waals surface area contributed by atoms with Gasteiger partial charge in [0.2, 0.25) is 0 Å². The highest BCUT2D eigenvalue weighted by atomic mass is 35.5. The van der Waals surface area contributed by atoms with Gasteiger partial charge >= 0.3 is 5.69 Å². The van der Waals surface area contributed by atoms with Crippen LogP contribution in [0.5, 0.6) is 0 Å². The van der Waals surface area contributed by atoms with Crippen molar-refractivity contribution in [1.82, 2.24) is 0 Å². The first-order valence-electron chi connectivity index (χ1n) is 5.76. The molecule has 98 valence electrons. The highest BCUT2D eigenvalue weighted by Gasteiger charge is 2.18. The molecule has 0 atom stereocenters. The van der Waals surface area contributed by atoms with Gasteiger partial charge in [-0.05, 0) is 37.6 Å². The molecule has 4 nitrogen and oxygen atoms in total. The van der Waals surface area contributed by atoms with Gasteiger partial charge in [0.15, 0.2) is 0 Å². The normalized spacial score (nSPS) is 10.3. The Morgan fingerprint density at radius 3 is 2.53 bits per heavy atom. The molecular formula is C14H13ClN2O2. The fourth-order valence-electron chi connectivity index (χ4n) is 1.90. The van der Waals surface area contributed by atoms with Gasteiger partial charge in [-0.15, -0.1) is 0 Å². The summed E-state index contributed by atoms with van der Waals surface area (Å²) in [6, 6.07) is 10.7. The Kier molecular flexibility index (Phi) is 3.71. The highest BCUT2D eigenvalue weighted by molar-refractivity contribution is 6.33. The monoisotopic (exact) mass is 276 g/mol. The third-order valence-electron chi connectivity index (χ3n) is 2.82. The van der Waals surface area contributed by atoms with E-state index in [1.54, 1.807) is 12.1 Å². The molecule has 0 aromatic heterocycles. The number of nitro benzene ring substituents is 1. The molecule has 0 aliphatic heterocycles. The maximum absolute atomic E-state index is 11.1. The predicted molar refractivity (Wildman–Crippen MR) is 77.3 cm³/mol. The molecule has 0 amide bonds.